The first-order valence-corrected chi connectivity index (χ1v) is 6.85. The molecule has 21 heavy (non-hydrogen) atoms. The van der Waals surface area contributed by atoms with E-state index >= 15 is 0 Å². The number of carboxylic acid groups (broad SMARTS) is 1. The van der Waals surface area contributed by atoms with Gasteiger partial charge in [-0.05, 0) is 37.5 Å². The summed E-state index contributed by atoms with van der Waals surface area (Å²) < 4.78 is 5.53. The molecule has 112 valence electrons. The summed E-state index contributed by atoms with van der Waals surface area (Å²) in [6.45, 7) is 2.65. The van der Waals surface area contributed by atoms with E-state index in [9.17, 15) is 9.59 Å². The molecule has 6 heteroatoms. The molecule has 1 saturated heterocycles. The van der Waals surface area contributed by atoms with Gasteiger partial charge in [-0.2, -0.15) is 0 Å². The van der Waals surface area contributed by atoms with E-state index in [0.29, 0.717) is 11.1 Å². The molecule has 1 aromatic heterocycles. The summed E-state index contributed by atoms with van der Waals surface area (Å²) >= 11 is 0. The summed E-state index contributed by atoms with van der Waals surface area (Å²) in [5.41, 5.74) is 0.960. The summed E-state index contributed by atoms with van der Waals surface area (Å²) in [5.74, 6) is -1.28. The van der Waals surface area contributed by atoms with Crippen molar-refractivity contribution in [1.82, 2.24) is 10.3 Å². The standard InChI is InChI=1S/C15H18N2O4/c1-10(13-3-2-6-21-13)17-15(20)12-7-11(8-16-9-12)4-5-14(18)19/h4-5,7-10,13H,2-3,6H2,1H3,(H,17,20)(H,18,19). The number of ether oxygens (including phenoxy) is 1. The number of nitrogens with one attached hydrogen (secondary N) is 1. The molecular formula is C15H18N2O4. The first kappa shape index (κ1) is 15.2. The molecule has 0 saturated carbocycles. The molecule has 0 aliphatic carbocycles. The van der Waals surface area contributed by atoms with Gasteiger partial charge in [-0.25, -0.2) is 4.79 Å². The molecule has 1 aromatic rings. The van der Waals surface area contributed by atoms with E-state index in [1.807, 2.05) is 6.92 Å². The fraction of sp³-hybridized carbons (Fsp3) is 0.400. The summed E-state index contributed by atoms with van der Waals surface area (Å²) in [5, 5.41) is 11.5. The predicted molar refractivity (Wildman–Crippen MR) is 76.8 cm³/mol. The van der Waals surface area contributed by atoms with Crippen molar-refractivity contribution in [2.75, 3.05) is 6.61 Å². The van der Waals surface area contributed by atoms with E-state index in [-0.39, 0.29) is 18.1 Å². The Kier molecular flexibility index (Phi) is 5.05. The quantitative estimate of drug-likeness (QED) is 0.802. The van der Waals surface area contributed by atoms with Gasteiger partial charge in [-0.3, -0.25) is 9.78 Å². The molecule has 2 atom stereocenters. The highest BCUT2D eigenvalue weighted by molar-refractivity contribution is 5.95. The lowest BCUT2D eigenvalue weighted by atomic mass is 10.1. The molecule has 2 heterocycles. The molecule has 0 aromatic carbocycles. The topological polar surface area (TPSA) is 88.5 Å². The van der Waals surface area contributed by atoms with Crippen LogP contribution in [-0.4, -0.2) is 40.7 Å². The Morgan fingerprint density at radius 2 is 2.33 bits per heavy atom. The number of amides is 1. The largest absolute Gasteiger partial charge is 0.478 e. The van der Waals surface area contributed by atoms with Gasteiger partial charge in [0.15, 0.2) is 0 Å². The van der Waals surface area contributed by atoms with Crippen molar-refractivity contribution in [2.24, 2.45) is 0 Å². The van der Waals surface area contributed by atoms with Crippen LogP contribution in [0.15, 0.2) is 24.5 Å². The molecule has 0 spiro atoms. The Morgan fingerprint density at radius 3 is 3.00 bits per heavy atom. The van der Waals surface area contributed by atoms with Crippen LogP contribution in [0.4, 0.5) is 0 Å². The Labute approximate surface area is 122 Å². The van der Waals surface area contributed by atoms with Gasteiger partial charge in [-0.1, -0.05) is 0 Å². The highest BCUT2D eigenvalue weighted by atomic mass is 16.5. The molecule has 0 radical (unpaired) electrons. The second-order valence-corrected chi connectivity index (χ2v) is 4.99. The van der Waals surface area contributed by atoms with Crippen molar-refractivity contribution in [3.05, 3.63) is 35.7 Å². The lowest BCUT2D eigenvalue weighted by Crippen LogP contribution is -2.40. The number of hydrogen-bond donors (Lipinski definition) is 2. The highest BCUT2D eigenvalue weighted by Crippen LogP contribution is 2.16. The fourth-order valence-corrected chi connectivity index (χ4v) is 2.22. The van der Waals surface area contributed by atoms with E-state index in [2.05, 4.69) is 10.3 Å². The van der Waals surface area contributed by atoms with Crippen molar-refractivity contribution < 1.29 is 19.4 Å². The van der Waals surface area contributed by atoms with Crippen molar-refractivity contribution in [3.63, 3.8) is 0 Å². The third-order valence-electron chi connectivity index (χ3n) is 3.32. The van der Waals surface area contributed by atoms with Crippen LogP contribution >= 0.6 is 0 Å². The Balaban J connectivity index is 2.01. The Hall–Kier alpha value is -2.21. The van der Waals surface area contributed by atoms with Gasteiger partial charge >= 0.3 is 5.97 Å². The van der Waals surface area contributed by atoms with E-state index in [1.165, 1.54) is 18.5 Å². The maximum absolute atomic E-state index is 12.2. The van der Waals surface area contributed by atoms with Crippen LogP contribution in [-0.2, 0) is 9.53 Å². The number of nitrogens with zero attached hydrogens (tertiary/aromatic N) is 1. The molecule has 1 amide bonds. The molecule has 1 fully saturated rings. The van der Waals surface area contributed by atoms with Crippen molar-refractivity contribution in [1.29, 1.82) is 0 Å². The average molecular weight is 290 g/mol. The SMILES string of the molecule is CC(NC(=O)c1cncc(C=CC(=O)O)c1)C1CCCO1. The minimum Gasteiger partial charge on any atom is -0.478 e. The number of carboxylic acids is 1. The summed E-state index contributed by atoms with van der Waals surface area (Å²) in [4.78, 5) is 26.6. The van der Waals surface area contributed by atoms with Crippen molar-refractivity contribution in [3.8, 4) is 0 Å². The molecule has 2 rings (SSSR count). The minimum absolute atomic E-state index is 0.0528. The molecule has 6 nitrogen and oxygen atoms in total. The fourth-order valence-electron chi connectivity index (χ4n) is 2.22. The normalized spacial score (nSPS) is 19.6. The molecule has 2 unspecified atom stereocenters. The Bertz CT molecular complexity index is 550. The number of carbonyl (C=O) groups excluding carboxylic acids is 1. The third-order valence-corrected chi connectivity index (χ3v) is 3.32. The molecule has 1 aliphatic heterocycles. The van der Waals surface area contributed by atoms with Gasteiger partial charge in [0.05, 0.1) is 17.7 Å². The predicted octanol–water partition coefficient (Wildman–Crippen LogP) is 1.48. The molecular weight excluding hydrogens is 272 g/mol. The van der Waals surface area contributed by atoms with Crippen LogP contribution in [0.5, 0.6) is 0 Å². The van der Waals surface area contributed by atoms with Crippen LogP contribution in [0.3, 0.4) is 0 Å². The summed E-state index contributed by atoms with van der Waals surface area (Å²) in [6, 6.07) is 1.53. The molecule has 0 bridgehead atoms. The number of aromatic nitrogens is 1. The van der Waals surface area contributed by atoms with E-state index in [0.717, 1.165) is 25.5 Å². The number of pyridine rings is 1. The second kappa shape index (κ2) is 6.99. The van der Waals surface area contributed by atoms with Gasteiger partial charge in [-0.15, -0.1) is 0 Å². The average Bonchev–Trinajstić information content (AvgIpc) is 2.99. The maximum atomic E-state index is 12.2. The molecule has 2 N–H and O–H groups in total. The van der Waals surface area contributed by atoms with Crippen LogP contribution in [0.1, 0.15) is 35.7 Å². The lowest BCUT2D eigenvalue weighted by molar-refractivity contribution is -0.131. The van der Waals surface area contributed by atoms with Crippen molar-refractivity contribution in [2.45, 2.75) is 31.9 Å². The Morgan fingerprint density at radius 1 is 1.52 bits per heavy atom. The summed E-state index contributed by atoms with van der Waals surface area (Å²) in [7, 11) is 0. The van der Waals surface area contributed by atoms with Crippen molar-refractivity contribution >= 4 is 18.0 Å². The number of hydrogen-bond acceptors (Lipinski definition) is 4. The van der Waals surface area contributed by atoms with Gasteiger partial charge in [0.2, 0.25) is 0 Å². The van der Waals surface area contributed by atoms with Crippen LogP contribution in [0.25, 0.3) is 6.08 Å². The number of rotatable bonds is 5. The number of carbonyl (C=O) groups is 2. The monoisotopic (exact) mass is 290 g/mol. The minimum atomic E-state index is -1.04. The lowest BCUT2D eigenvalue weighted by Gasteiger charge is -2.19. The maximum Gasteiger partial charge on any atom is 0.328 e. The van der Waals surface area contributed by atoms with E-state index < -0.39 is 5.97 Å². The summed E-state index contributed by atoms with van der Waals surface area (Å²) in [6.07, 6.45) is 7.37. The van der Waals surface area contributed by atoms with Gasteiger partial charge in [0, 0.05) is 25.1 Å². The number of aliphatic carboxylic acids is 1. The molecule has 1 aliphatic rings. The third kappa shape index (κ3) is 4.39. The smallest absolute Gasteiger partial charge is 0.328 e. The van der Waals surface area contributed by atoms with Crippen LogP contribution in [0, 0.1) is 0 Å². The second-order valence-electron chi connectivity index (χ2n) is 4.99. The van der Waals surface area contributed by atoms with Gasteiger partial charge < -0.3 is 15.2 Å². The first-order valence-electron chi connectivity index (χ1n) is 6.85. The van der Waals surface area contributed by atoms with E-state index in [1.54, 1.807) is 6.07 Å². The van der Waals surface area contributed by atoms with Crippen LogP contribution in [0.2, 0.25) is 0 Å². The first-order chi connectivity index (χ1) is 10.1. The zero-order valence-electron chi connectivity index (χ0n) is 11.8. The zero-order valence-corrected chi connectivity index (χ0v) is 11.8. The van der Waals surface area contributed by atoms with E-state index in [4.69, 9.17) is 9.84 Å². The van der Waals surface area contributed by atoms with Crippen LogP contribution < -0.4 is 5.32 Å². The highest BCUT2D eigenvalue weighted by Gasteiger charge is 2.24. The van der Waals surface area contributed by atoms with Gasteiger partial charge in [0.25, 0.3) is 5.91 Å². The van der Waals surface area contributed by atoms with Gasteiger partial charge in [0.1, 0.15) is 0 Å². The zero-order chi connectivity index (χ0) is 15.2.